The Labute approximate surface area is 247 Å². The van der Waals surface area contributed by atoms with Crippen LogP contribution in [0.5, 0.6) is 5.88 Å². The Kier molecular flexibility index (Phi) is 10.1. The molecule has 0 aliphatic heterocycles. The van der Waals surface area contributed by atoms with E-state index in [1.807, 2.05) is 36.4 Å². The third-order valence-electron chi connectivity index (χ3n) is 6.32. The van der Waals surface area contributed by atoms with Crippen LogP contribution in [0.25, 0.3) is 22.0 Å². The predicted octanol–water partition coefficient (Wildman–Crippen LogP) is 7.10. The molecular weight excluding hydrogens is 595 g/mol. The highest BCUT2D eigenvalue weighted by molar-refractivity contribution is 9.10. The Hall–Kier alpha value is -3.46. The Balaban J connectivity index is 1.60. The van der Waals surface area contributed by atoms with Gasteiger partial charge in [0.2, 0.25) is 11.8 Å². The number of para-hydroxylation sites is 1. The Morgan fingerprint density at radius 1 is 1.20 bits per heavy atom. The number of allylic oxidation sites excluding steroid dienone is 1. The van der Waals surface area contributed by atoms with Crippen LogP contribution in [0.15, 0.2) is 77.4 Å². The van der Waals surface area contributed by atoms with E-state index in [0.717, 1.165) is 43.3 Å². The second-order valence-electron chi connectivity index (χ2n) is 9.26. The van der Waals surface area contributed by atoms with Crippen molar-refractivity contribution in [3.63, 3.8) is 0 Å². The van der Waals surface area contributed by atoms with E-state index < -0.39 is 0 Å². The molecule has 0 unspecified atom stereocenters. The van der Waals surface area contributed by atoms with Gasteiger partial charge in [0, 0.05) is 67.6 Å². The number of H-pyrrole nitrogens is 1. The minimum Gasteiger partial charge on any atom is -0.476 e. The molecule has 0 bridgehead atoms. The summed E-state index contributed by atoms with van der Waals surface area (Å²) in [6.07, 6.45) is 5.75. The zero-order valence-corrected chi connectivity index (χ0v) is 24.9. The van der Waals surface area contributed by atoms with Gasteiger partial charge in [-0.15, -0.1) is 0 Å². The number of benzene rings is 2. The number of carbonyl (C=O) groups excluding carboxylic acids is 1. The van der Waals surface area contributed by atoms with E-state index in [1.54, 1.807) is 32.4 Å². The SMILES string of the molecule is CC/C(=C(/c1ccc(OCCNC/C=C/C(=O)N(C)C)nc1)c1[nH]c2ccccc2c1Br)c1ccc(F)cc1Cl. The van der Waals surface area contributed by atoms with Crippen molar-refractivity contribution in [3.8, 4) is 5.88 Å². The lowest BCUT2D eigenvalue weighted by Gasteiger charge is -2.17. The van der Waals surface area contributed by atoms with Gasteiger partial charge < -0.3 is 19.9 Å². The van der Waals surface area contributed by atoms with Crippen LogP contribution in [-0.2, 0) is 4.79 Å². The molecule has 0 aliphatic carbocycles. The van der Waals surface area contributed by atoms with Crippen LogP contribution in [0.1, 0.15) is 30.2 Å². The van der Waals surface area contributed by atoms with Crippen LogP contribution in [0.4, 0.5) is 4.39 Å². The average molecular weight is 626 g/mol. The van der Waals surface area contributed by atoms with Gasteiger partial charge in [0.05, 0.1) is 15.2 Å². The van der Waals surface area contributed by atoms with Crippen molar-refractivity contribution in [2.45, 2.75) is 13.3 Å². The third kappa shape index (κ3) is 6.99. The van der Waals surface area contributed by atoms with Gasteiger partial charge in [-0.1, -0.05) is 48.9 Å². The molecule has 0 aliphatic rings. The van der Waals surface area contributed by atoms with Crippen molar-refractivity contribution in [1.82, 2.24) is 20.2 Å². The average Bonchev–Trinajstić information content (AvgIpc) is 3.27. The number of likely N-dealkylation sites (N-methyl/N-ethyl adjacent to an activating group) is 1. The number of amides is 1. The number of carbonyl (C=O) groups is 1. The zero-order valence-electron chi connectivity index (χ0n) is 22.6. The Bertz CT molecular complexity index is 1550. The standard InChI is InChI=1S/C31H31BrClFN4O2/c1-4-22(23-13-12-21(34)18-25(23)33)29(31-30(32)24-8-5-6-9-26(24)37-31)20-11-14-27(36-19-20)40-17-16-35-15-7-10-28(39)38(2)3/h5-14,18-19,35,37H,4,15-17H2,1-3H3/b10-7+,29-22+. The van der Waals surface area contributed by atoms with Gasteiger partial charge in [-0.05, 0) is 57.8 Å². The van der Waals surface area contributed by atoms with E-state index in [-0.39, 0.29) is 11.7 Å². The van der Waals surface area contributed by atoms with E-state index in [2.05, 4.69) is 38.1 Å². The van der Waals surface area contributed by atoms with Crippen LogP contribution >= 0.6 is 27.5 Å². The van der Waals surface area contributed by atoms with Gasteiger partial charge in [0.25, 0.3) is 0 Å². The molecule has 0 spiro atoms. The predicted molar refractivity (Wildman–Crippen MR) is 164 cm³/mol. The molecule has 2 aromatic carbocycles. The minimum atomic E-state index is -0.381. The number of aromatic amines is 1. The van der Waals surface area contributed by atoms with Crippen molar-refractivity contribution in [2.24, 2.45) is 0 Å². The first kappa shape index (κ1) is 29.5. The highest BCUT2D eigenvalue weighted by Gasteiger charge is 2.21. The van der Waals surface area contributed by atoms with Gasteiger partial charge in [0.15, 0.2) is 0 Å². The Morgan fingerprint density at radius 2 is 2.00 bits per heavy atom. The number of rotatable bonds is 11. The lowest BCUT2D eigenvalue weighted by Crippen LogP contribution is -2.22. The summed E-state index contributed by atoms with van der Waals surface area (Å²) in [5, 5.41) is 4.61. The number of hydrogen-bond donors (Lipinski definition) is 2. The quantitative estimate of drug-likeness (QED) is 0.138. The summed E-state index contributed by atoms with van der Waals surface area (Å²) in [5.41, 5.74) is 5.38. The summed E-state index contributed by atoms with van der Waals surface area (Å²) in [7, 11) is 3.43. The molecule has 4 aromatic rings. The lowest BCUT2D eigenvalue weighted by atomic mass is 9.91. The Morgan fingerprint density at radius 3 is 2.67 bits per heavy atom. The zero-order chi connectivity index (χ0) is 28.6. The molecule has 0 saturated heterocycles. The van der Waals surface area contributed by atoms with Crippen molar-refractivity contribution >= 4 is 55.5 Å². The number of nitrogens with zero attached hydrogens (tertiary/aromatic N) is 2. The highest BCUT2D eigenvalue weighted by atomic mass is 79.9. The van der Waals surface area contributed by atoms with E-state index in [1.165, 1.54) is 23.1 Å². The smallest absolute Gasteiger partial charge is 0.245 e. The minimum absolute atomic E-state index is 0.0526. The number of hydrogen-bond acceptors (Lipinski definition) is 4. The highest BCUT2D eigenvalue weighted by Crippen LogP contribution is 2.41. The third-order valence-corrected chi connectivity index (χ3v) is 7.46. The number of nitrogens with one attached hydrogen (secondary N) is 2. The molecule has 0 atom stereocenters. The fraction of sp³-hybridized carbons (Fsp3) is 0.226. The summed E-state index contributed by atoms with van der Waals surface area (Å²) in [5.74, 6) is 0.0632. The number of fused-ring (bicyclic) bond motifs is 1. The van der Waals surface area contributed by atoms with E-state index in [9.17, 15) is 9.18 Å². The molecule has 6 nitrogen and oxygen atoms in total. The summed E-state index contributed by atoms with van der Waals surface area (Å²) in [6, 6.07) is 16.3. The first-order valence-electron chi connectivity index (χ1n) is 12.9. The molecule has 2 aromatic heterocycles. The first-order valence-corrected chi connectivity index (χ1v) is 14.1. The van der Waals surface area contributed by atoms with Crippen LogP contribution in [0.2, 0.25) is 5.02 Å². The van der Waals surface area contributed by atoms with Crippen LogP contribution in [0, 0.1) is 5.82 Å². The van der Waals surface area contributed by atoms with Gasteiger partial charge >= 0.3 is 0 Å². The lowest BCUT2D eigenvalue weighted by molar-refractivity contribution is -0.123. The van der Waals surface area contributed by atoms with E-state index >= 15 is 0 Å². The monoisotopic (exact) mass is 624 g/mol. The fourth-order valence-corrected chi connectivity index (χ4v) is 5.25. The number of ether oxygens (including phenoxy) is 1. The molecule has 40 heavy (non-hydrogen) atoms. The van der Waals surface area contributed by atoms with Gasteiger partial charge in [-0.3, -0.25) is 4.79 Å². The molecular formula is C31H31BrClFN4O2. The fourth-order valence-electron chi connectivity index (χ4n) is 4.32. The molecule has 4 rings (SSSR count). The van der Waals surface area contributed by atoms with Crippen molar-refractivity contribution in [1.29, 1.82) is 0 Å². The molecule has 208 valence electrons. The molecule has 9 heteroatoms. The van der Waals surface area contributed by atoms with Crippen LogP contribution in [0.3, 0.4) is 0 Å². The van der Waals surface area contributed by atoms with Gasteiger partial charge in [-0.25, -0.2) is 9.37 Å². The molecule has 2 heterocycles. The van der Waals surface area contributed by atoms with Crippen LogP contribution in [-0.4, -0.2) is 54.6 Å². The number of halogens is 3. The summed E-state index contributed by atoms with van der Waals surface area (Å²) >= 11 is 10.3. The van der Waals surface area contributed by atoms with Gasteiger partial charge in [0.1, 0.15) is 12.4 Å². The van der Waals surface area contributed by atoms with Gasteiger partial charge in [-0.2, -0.15) is 0 Å². The van der Waals surface area contributed by atoms with Crippen LogP contribution < -0.4 is 10.1 Å². The number of aromatic nitrogens is 2. The maximum atomic E-state index is 13.9. The largest absolute Gasteiger partial charge is 0.476 e. The number of pyridine rings is 1. The van der Waals surface area contributed by atoms with Crippen molar-refractivity contribution < 1.29 is 13.9 Å². The molecule has 2 N–H and O–H groups in total. The summed E-state index contributed by atoms with van der Waals surface area (Å²) in [6.45, 7) is 3.63. The van der Waals surface area contributed by atoms with Crippen molar-refractivity contribution in [3.05, 3.63) is 105 Å². The topological polar surface area (TPSA) is 70.2 Å². The second kappa shape index (κ2) is 13.7. The summed E-state index contributed by atoms with van der Waals surface area (Å²) < 4.78 is 20.6. The van der Waals surface area contributed by atoms with E-state index in [0.29, 0.717) is 37.0 Å². The molecule has 0 fully saturated rings. The normalized spacial score (nSPS) is 12.2. The van der Waals surface area contributed by atoms with E-state index in [4.69, 9.17) is 16.3 Å². The molecule has 1 amide bonds. The van der Waals surface area contributed by atoms with Crippen molar-refractivity contribution in [2.75, 3.05) is 33.8 Å². The first-order chi connectivity index (χ1) is 19.3. The molecule has 0 saturated carbocycles. The molecule has 0 radical (unpaired) electrons. The maximum Gasteiger partial charge on any atom is 0.245 e. The maximum absolute atomic E-state index is 13.9. The summed E-state index contributed by atoms with van der Waals surface area (Å²) in [4.78, 5) is 21.2. The second-order valence-corrected chi connectivity index (χ2v) is 10.5.